The SMILES string of the molecule is CCOc1cc(F)ccc1NCC(=O)Nc1c(CC)cccc1CC. The summed E-state index contributed by atoms with van der Waals surface area (Å²) >= 11 is 0. The lowest BCUT2D eigenvalue weighted by molar-refractivity contribution is -0.114. The number of anilines is 2. The number of halogens is 1. The van der Waals surface area contributed by atoms with Gasteiger partial charge in [0.2, 0.25) is 5.91 Å². The number of benzene rings is 2. The topological polar surface area (TPSA) is 50.4 Å². The Balaban J connectivity index is 2.07. The first-order chi connectivity index (χ1) is 12.1. The van der Waals surface area contributed by atoms with Crippen LogP contribution in [0.1, 0.15) is 31.9 Å². The van der Waals surface area contributed by atoms with Crippen LogP contribution in [0.4, 0.5) is 15.8 Å². The van der Waals surface area contributed by atoms with Gasteiger partial charge in [-0.1, -0.05) is 32.0 Å². The standard InChI is InChI=1S/C20H25FN2O2/c1-4-14-8-7-9-15(5-2)20(14)23-19(24)13-22-17-11-10-16(21)12-18(17)25-6-3/h7-12,22H,4-6,13H2,1-3H3,(H,23,24). The Kier molecular flexibility index (Phi) is 6.81. The van der Waals surface area contributed by atoms with E-state index in [2.05, 4.69) is 24.5 Å². The molecule has 4 nitrogen and oxygen atoms in total. The van der Waals surface area contributed by atoms with Gasteiger partial charge in [0.1, 0.15) is 11.6 Å². The van der Waals surface area contributed by atoms with Crippen LogP contribution in [-0.2, 0) is 17.6 Å². The lowest BCUT2D eigenvalue weighted by Gasteiger charge is -2.16. The molecule has 5 heteroatoms. The maximum absolute atomic E-state index is 13.3. The molecule has 0 saturated heterocycles. The molecule has 0 atom stereocenters. The van der Waals surface area contributed by atoms with Crippen LogP contribution in [0.15, 0.2) is 36.4 Å². The van der Waals surface area contributed by atoms with Gasteiger partial charge < -0.3 is 15.4 Å². The molecule has 2 rings (SSSR count). The molecule has 0 saturated carbocycles. The van der Waals surface area contributed by atoms with Gasteiger partial charge in [-0.25, -0.2) is 4.39 Å². The fraction of sp³-hybridized carbons (Fsp3) is 0.350. The van der Waals surface area contributed by atoms with E-state index in [0.29, 0.717) is 18.0 Å². The summed E-state index contributed by atoms with van der Waals surface area (Å²) in [4.78, 5) is 12.4. The van der Waals surface area contributed by atoms with E-state index in [4.69, 9.17) is 4.74 Å². The molecule has 0 aliphatic rings. The van der Waals surface area contributed by atoms with Gasteiger partial charge in [-0.15, -0.1) is 0 Å². The van der Waals surface area contributed by atoms with Crippen LogP contribution < -0.4 is 15.4 Å². The summed E-state index contributed by atoms with van der Waals surface area (Å²) in [5.41, 5.74) is 3.72. The third-order valence-corrected chi connectivity index (χ3v) is 3.95. The lowest BCUT2D eigenvalue weighted by Crippen LogP contribution is -2.23. The third kappa shape index (κ3) is 4.95. The molecule has 134 valence electrons. The van der Waals surface area contributed by atoms with Crippen molar-refractivity contribution in [1.29, 1.82) is 0 Å². The molecule has 0 fully saturated rings. The minimum atomic E-state index is -0.372. The van der Waals surface area contributed by atoms with E-state index in [0.717, 1.165) is 29.7 Å². The predicted octanol–water partition coefficient (Wildman–Crippen LogP) is 4.40. The molecule has 25 heavy (non-hydrogen) atoms. The normalized spacial score (nSPS) is 10.4. The van der Waals surface area contributed by atoms with E-state index in [1.165, 1.54) is 12.1 Å². The van der Waals surface area contributed by atoms with Gasteiger partial charge in [0, 0.05) is 11.8 Å². The average Bonchev–Trinajstić information content (AvgIpc) is 2.61. The van der Waals surface area contributed by atoms with Crippen LogP contribution >= 0.6 is 0 Å². The van der Waals surface area contributed by atoms with Gasteiger partial charge in [0.15, 0.2) is 0 Å². The Morgan fingerprint density at radius 3 is 2.36 bits per heavy atom. The molecule has 1 amide bonds. The fourth-order valence-electron chi connectivity index (χ4n) is 2.68. The largest absolute Gasteiger partial charge is 0.492 e. The monoisotopic (exact) mass is 344 g/mol. The molecule has 0 bridgehead atoms. The molecule has 0 aliphatic carbocycles. The fourth-order valence-corrected chi connectivity index (χ4v) is 2.68. The number of nitrogens with one attached hydrogen (secondary N) is 2. The van der Waals surface area contributed by atoms with Crippen LogP contribution in [0.25, 0.3) is 0 Å². The van der Waals surface area contributed by atoms with Gasteiger partial charge in [-0.05, 0) is 43.0 Å². The molecular formula is C20H25FN2O2. The highest BCUT2D eigenvalue weighted by Crippen LogP contribution is 2.26. The molecule has 2 N–H and O–H groups in total. The van der Waals surface area contributed by atoms with E-state index >= 15 is 0 Å². The number of aryl methyl sites for hydroxylation is 2. The predicted molar refractivity (Wildman–Crippen MR) is 99.9 cm³/mol. The number of carbonyl (C=O) groups excluding carboxylic acids is 1. The van der Waals surface area contributed by atoms with Crippen LogP contribution in [-0.4, -0.2) is 19.1 Å². The molecule has 0 radical (unpaired) electrons. The quantitative estimate of drug-likeness (QED) is 0.746. The summed E-state index contributed by atoms with van der Waals surface area (Å²) in [6.45, 7) is 6.46. The smallest absolute Gasteiger partial charge is 0.243 e. The van der Waals surface area contributed by atoms with Crippen molar-refractivity contribution in [3.8, 4) is 5.75 Å². The van der Waals surface area contributed by atoms with Gasteiger partial charge in [0.25, 0.3) is 0 Å². The molecule has 0 heterocycles. The van der Waals surface area contributed by atoms with Gasteiger partial charge in [-0.2, -0.15) is 0 Å². The first kappa shape index (κ1) is 18.8. The van der Waals surface area contributed by atoms with E-state index in [-0.39, 0.29) is 18.3 Å². The van der Waals surface area contributed by atoms with Gasteiger partial charge >= 0.3 is 0 Å². The van der Waals surface area contributed by atoms with Crippen molar-refractivity contribution < 1.29 is 13.9 Å². The molecular weight excluding hydrogens is 319 g/mol. The molecule has 0 unspecified atom stereocenters. The number of hydrogen-bond acceptors (Lipinski definition) is 3. The Bertz CT molecular complexity index is 709. The second-order valence-electron chi connectivity index (χ2n) is 5.63. The molecule has 2 aromatic rings. The highest BCUT2D eigenvalue weighted by molar-refractivity contribution is 5.95. The van der Waals surface area contributed by atoms with Crippen molar-refractivity contribution in [2.45, 2.75) is 33.6 Å². The van der Waals surface area contributed by atoms with Crippen LogP contribution in [0.5, 0.6) is 5.75 Å². The van der Waals surface area contributed by atoms with E-state index < -0.39 is 0 Å². The first-order valence-corrected chi connectivity index (χ1v) is 8.65. The Hall–Kier alpha value is -2.56. The number of amides is 1. The molecule has 0 spiro atoms. The summed E-state index contributed by atoms with van der Waals surface area (Å²) in [5.74, 6) is -0.121. The average molecular weight is 344 g/mol. The summed E-state index contributed by atoms with van der Waals surface area (Å²) < 4.78 is 18.7. The molecule has 2 aromatic carbocycles. The summed E-state index contributed by atoms with van der Waals surface area (Å²) in [5, 5.41) is 6.01. The van der Waals surface area contributed by atoms with Crippen LogP contribution in [0.2, 0.25) is 0 Å². The van der Waals surface area contributed by atoms with Crippen molar-refractivity contribution in [2.24, 2.45) is 0 Å². The van der Waals surface area contributed by atoms with Crippen molar-refractivity contribution >= 4 is 17.3 Å². The Morgan fingerprint density at radius 1 is 1.08 bits per heavy atom. The molecule has 0 aliphatic heterocycles. The zero-order valence-corrected chi connectivity index (χ0v) is 15.0. The zero-order valence-electron chi connectivity index (χ0n) is 15.0. The summed E-state index contributed by atoms with van der Waals surface area (Å²) in [6, 6.07) is 10.3. The van der Waals surface area contributed by atoms with Crippen molar-refractivity contribution in [2.75, 3.05) is 23.8 Å². The maximum Gasteiger partial charge on any atom is 0.243 e. The lowest BCUT2D eigenvalue weighted by atomic mass is 10.0. The molecule has 0 aromatic heterocycles. The number of carbonyl (C=O) groups is 1. The van der Waals surface area contributed by atoms with Crippen molar-refractivity contribution in [3.63, 3.8) is 0 Å². The Morgan fingerprint density at radius 2 is 1.76 bits per heavy atom. The van der Waals surface area contributed by atoms with E-state index in [1.54, 1.807) is 6.07 Å². The number of rotatable bonds is 8. The van der Waals surface area contributed by atoms with E-state index in [9.17, 15) is 9.18 Å². The maximum atomic E-state index is 13.3. The summed E-state index contributed by atoms with van der Waals surface area (Å²) in [7, 11) is 0. The second kappa shape index (κ2) is 9.06. The van der Waals surface area contributed by atoms with Crippen LogP contribution in [0.3, 0.4) is 0 Å². The first-order valence-electron chi connectivity index (χ1n) is 8.65. The van der Waals surface area contributed by atoms with Crippen LogP contribution in [0, 0.1) is 5.82 Å². The minimum absolute atomic E-state index is 0.0763. The van der Waals surface area contributed by atoms with E-state index in [1.807, 2.05) is 25.1 Å². The minimum Gasteiger partial charge on any atom is -0.492 e. The van der Waals surface area contributed by atoms with Gasteiger partial charge in [-0.3, -0.25) is 4.79 Å². The second-order valence-corrected chi connectivity index (χ2v) is 5.63. The number of para-hydroxylation sites is 1. The Labute approximate surface area is 148 Å². The summed E-state index contributed by atoms with van der Waals surface area (Å²) in [6.07, 6.45) is 1.70. The van der Waals surface area contributed by atoms with Crippen molar-refractivity contribution in [1.82, 2.24) is 0 Å². The highest BCUT2D eigenvalue weighted by atomic mass is 19.1. The zero-order chi connectivity index (χ0) is 18.2. The number of hydrogen-bond donors (Lipinski definition) is 2. The number of ether oxygens (including phenoxy) is 1. The highest BCUT2D eigenvalue weighted by Gasteiger charge is 2.11. The third-order valence-electron chi connectivity index (χ3n) is 3.95. The van der Waals surface area contributed by atoms with Gasteiger partial charge in [0.05, 0.1) is 18.8 Å². The van der Waals surface area contributed by atoms with Crippen molar-refractivity contribution in [3.05, 3.63) is 53.3 Å².